The molecule has 1 aromatic rings. The molecule has 0 unspecified atom stereocenters. The number of piperazine rings is 1. The number of quaternary nitrogens is 1. The molecule has 23 heavy (non-hydrogen) atoms. The van der Waals surface area contributed by atoms with E-state index in [9.17, 15) is 14.9 Å². The van der Waals surface area contributed by atoms with Crippen molar-refractivity contribution >= 4 is 17.3 Å². The van der Waals surface area contributed by atoms with Crippen molar-refractivity contribution in [2.45, 2.75) is 26.4 Å². The van der Waals surface area contributed by atoms with Crippen molar-refractivity contribution in [3.05, 3.63) is 34.4 Å². The zero-order chi connectivity index (χ0) is 17.0. The predicted octanol–water partition coefficient (Wildman–Crippen LogP) is 0.641. The van der Waals surface area contributed by atoms with Gasteiger partial charge >= 0.3 is 5.97 Å². The molecular weight excluding hydrogens is 298 g/mol. The Morgan fingerprint density at radius 1 is 1.26 bits per heavy atom. The summed E-state index contributed by atoms with van der Waals surface area (Å²) in [5, 5.41) is 10.7. The molecule has 0 radical (unpaired) electrons. The van der Waals surface area contributed by atoms with Crippen molar-refractivity contribution in [2.75, 3.05) is 37.6 Å². The van der Waals surface area contributed by atoms with Gasteiger partial charge in [-0.3, -0.25) is 10.1 Å². The molecule has 7 heteroatoms. The molecule has 1 heterocycles. The Kier molecular flexibility index (Phi) is 5.20. The summed E-state index contributed by atoms with van der Waals surface area (Å²) in [4.78, 5) is 25.5. The third-order valence-electron chi connectivity index (χ3n) is 3.71. The van der Waals surface area contributed by atoms with E-state index in [0.717, 1.165) is 31.9 Å². The Labute approximate surface area is 136 Å². The summed E-state index contributed by atoms with van der Waals surface area (Å²) in [5.74, 6) is -0.170. The van der Waals surface area contributed by atoms with Crippen LogP contribution in [0.25, 0.3) is 0 Å². The maximum atomic E-state index is 11.9. The molecule has 0 atom stereocenters. The molecular formula is C16H24N3O4+. The third kappa shape index (κ3) is 5.21. The summed E-state index contributed by atoms with van der Waals surface area (Å²) in [6.45, 7) is 9.30. The number of ether oxygens (including phenoxy) is 1. The number of nitro benzene ring substituents is 1. The molecule has 0 bridgehead atoms. The number of nitrogens with one attached hydrogen (secondary N) is 1. The van der Waals surface area contributed by atoms with Gasteiger partial charge in [0.1, 0.15) is 5.60 Å². The second-order valence-electron chi connectivity index (χ2n) is 6.77. The van der Waals surface area contributed by atoms with Gasteiger partial charge in [0.25, 0.3) is 5.69 Å². The van der Waals surface area contributed by atoms with Crippen molar-refractivity contribution in [3.8, 4) is 0 Å². The van der Waals surface area contributed by atoms with Crippen LogP contribution in [0.3, 0.4) is 0 Å². The molecule has 1 aliphatic heterocycles. The second kappa shape index (κ2) is 6.95. The summed E-state index contributed by atoms with van der Waals surface area (Å²) in [6, 6.07) is 6.60. The lowest BCUT2D eigenvalue weighted by Gasteiger charge is -2.33. The fourth-order valence-corrected chi connectivity index (χ4v) is 2.62. The van der Waals surface area contributed by atoms with Crippen LogP contribution in [0.2, 0.25) is 0 Å². The lowest BCUT2D eigenvalue weighted by molar-refractivity contribution is -0.893. The van der Waals surface area contributed by atoms with Gasteiger partial charge in [0.2, 0.25) is 0 Å². The Bertz CT molecular complexity index is 558. The van der Waals surface area contributed by atoms with Crippen LogP contribution in [-0.4, -0.2) is 49.2 Å². The fraction of sp³-hybridized carbons (Fsp3) is 0.562. The number of esters is 1. The molecule has 0 aliphatic carbocycles. The summed E-state index contributed by atoms with van der Waals surface area (Å²) in [7, 11) is 0. The molecule has 0 aromatic heterocycles. The first-order chi connectivity index (χ1) is 10.7. The number of carbonyl (C=O) groups is 1. The number of hydrogen-bond acceptors (Lipinski definition) is 5. The number of rotatable bonds is 4. The van der Waals surface area contributed by atoms with Gasteiger partial charge < -0.3 is 14.5 Å². The first-order valence-corrected chi connectivity index (χ1v) is 7.79. The highest BCUT2D eigenvalue weighted by molar-refractivity contribution is 5.70. The van der Waals surface area contributed by atoms with E-state index < -0.39 is 10.5 Å². The summed E-state index contributed by atoms with van der Waals surface area (Å²) in [6.07, 6.45) is 0. The topological polar surface area (TPSA) is 77.1 Å². The van der Waals surface area contributed by atoms with Crippen LogP contribution in [-0.2, 0) is 9.53 Å². The highest BCUT2D eigenvalue weighted by atomic mass is 16.6. The number of anilines is 1. The fourth-order valence-electron chi connectivity index (χ4n) is 2.62. The maximum Gasteiger partial charge on any atom is 0.362 e. The number of nitro groups is 1. The lowest BCUT2D eigenvalue weighted by atomic mass is 10.2. The zero-order valence-corrected chi connectivity index (χ0v) is 13.9. The summed E-state index contributed by atoms with van der Waals surface area (Å²) in [5.41, 5.74) is 0.631. The number of nitrogens with zero attached hydrogens (tertiary/aromatic N) is 2. The largest absolute Gasteiger partial charge is 0.456 e. The lowest BCUT2D eigenvalue weighted by Crippen LogP contribution is -3.15. The van der Waals surface area contributed by atoms with Gasteiger partial charge in [0.05, 0.1) is 31.1 Å². The normalized spacial score (nSPS) is 16.2. The van der Waals surface area contributed by atoms with Crippen molar-refractivity contribution in [1.82, 2.24) is 0 Å². The smallest absolute Gasteiger partial charge is 0.362 e. The van der Waals surface area contributed by atoms with E-state index in [-0.39, 0.29) is 11.7 Å². The summed E-state index contributed by atoms with van der Waals surface area (Å²) >= 11 is 0. The van der Waals surface area contributed by atoms with Crippen molar-refractivity contribution in [3.63, 3.8) is 0 Å². The van der Waals surface area contributed by atoms with E-state index in [2.05, 4.69) is 4.90 Å². The highest BCUT2D eigenvalue weighted by Gasteiger charge is 2.25. The average molecular weight is 322 g/mol. The van der Waals surface area contributed by atoms with Crippen LogP contribution in [0.15, 0.2) is 24.3 Å². The van der Waals surface area contributed by atoms with E-state index >= 15 is 0 Å². The van der Waals surface area contributed by atoms with E-state index in [4.69, 9.17) is 4.74 Å². The van der Waals surface area contributed by atoms with Crippen LogP contribution in [0.1, 0.15) is 20.8 Å². The molecule has 0 saturated carbocycles. The molecule has 1 saturated heterocycles. The quantitative estimate of drug-likeness (QED) is 0.500. The minimum atomic E-state index is -0.447. The molecule has 7 nitrogen and oxygen atoms in total. The first kappa shape index (κ1) is 17.2. The zero-order valence-electron chi connectivity index (χ0n) is 13.9. The molecule has 1 aromatic carbocycles. The number of benzene rings is 1. The molecule has 1 N–H and O–H groups in total. The average Bonchev–Trinajstić information content (AvgIpc) is 2.46. The van der Waals surface area contributed by atoms with Gasteiger partial charge in [0.15, 0.2) is 6.54 Å². The van der Waals surface area contributed by atoms with E-state index in [1.807, 2.05) is 20.8 Å². The molecule has 0 amide bonds. The van der Waals surface area contributed by atoms with Crippen LogP contribution in [0, 0.1) is 10.1 Å². The second-order valence-corrected chi connectivity index (χ2v) is 6.77. The molecule has 1 aliphatic rings. The van der Waals surface area contributed by atoms with E-state index in [1.165, 1.54) is 17.0 Å². The Morgan fingerprint density at radius 3 is 2.30 bits per heavy atom. The minimum absolute atomic E-state index is 0.0999. The van der Waals surface area contributed by atoms with Gasteiger partial charge in [-0.1, -0.05) is 0 Å². The number of non-ortho nitro benzene ring substituents is 1. The van der Waals surface area contributed by atoms with Crippen molar-refractivity contribution in [1.29, 1.82) is 0 Å². The van der Waals surface area contributed by atoms with Crippen LogP contribution in [0.5, 0.6) is 0 Å². The molecule has 2 rings (SSSR count). The standard InChI is InChI=1S/C16H23N3O4/c1-16(2,3)23-15(20)12-17-8-10-18(11-9-17)13-4-6-14(7-5-13)19(21)22/h4-7H,8-12H2,1-3H3/p+1. The monoisotopic (exact) mass is 322 g/mol. The maximum absolute atomic E-state index is 11.9. The molecule has 126 valence electrons. The van der Waals surface area contributed by atoms with E-state index in [1.54, 1.807) is 12.1 Å². The van der Waals surface area contributed by atoms with Crippen LogP contribution >= 0.6 is 0 Å². The van der Waals surface area contributed by atoms with Gasteiger partial charge in [-0.25, -0.2) is 4.79 Å². The van der Waals surface area contributed by atoms with Gasteiger partial charge in [-0.2, -0.15) is 0 Å². The predicted molar refractivity (Wildman–Crippen MR) is 86.7 cm³/mol. The number of carbonyl (C=O) groups excluding carboxylic acids is 1. The minimum Gasteiger partial charge on any atom is -0.456 e. The van der Waals surface area contributed by atoms with Gasteiger partial charge in [0, 0.05) is 17.8 Å². The first-order valence-electron chi connectivity index (χ1n) is 7.79. The van der Waals surface area contributed by atoms with Crippen molar-refractivity contribution < 1.29 is 19.4 Å². The van der Waals surface area contributed by atoms with Gasteiger partial charge in [-0.15, -0.1) is 0 Å². The highest BCUT2D eigenvalue weighted by Crippen LogP contribution is 2.19. The van der Waals surface area contributed by atoms with Crippen molar-refractivity contribution in [2.24, 2.45) is 0 Å². The van der Waals surface area contributed by atoms with E-state index in [0.29, 0.717) is 6.54 Å². The Hall–Kier alpha value is -2.15. The molecule has 1 fully saturated rings. The summed E-state index contributed by atoms with van der Waals surface area (Å²) < 4.78 is 5.35. The SMILES string of the molecule is CC(C)(C)OC(=O)C[NH+]1CCN(c2ccc([N+](=O)[O-])cc2)CC1. The van der Waals surface area contributed by atoms with Crippen LogP contribution in [0.4, 0.5) is 11.4 Å². The van der Waals surface area contributed by atoms with Crippen LogP contribution < -0.4 is 9.80 Å². The molecule has 0 spiro atoms. The Morgan fingerprint density at radius 2 is 1.83 bits per heavy atom. The van der Waals surface area contributed by atoms with Gasteiger partial charge in [-0.05, 0) is 32.9 Å². The third-order valence-corrected chi connectivity index (χ3v) is 3.71. The number of hydrogen-bond donors (Lipinski definition) is 1. The Balaban J connectivity index is 1.84.